The zero-order valence-electron chi connectivity index (χ0n) is 20.2. The van der Waals surface area contributed by atoms with Crippen LogP contribution in [-0.4, -0.2) is 49.3 Å². The van der Waals surface area contributed by atoms with Crippen LogP contribution < -0.4 is 0 Å². The van der Waals surface area contributed by atoms with Crippen molar-refractivity contribution in [3.63, 3.8) is 0 Å². The highest BCUT2D eigenvalue weighted by atomic mass is 32.2. The summed E-state index contributed by atoms with van der Waals surface area (Å²) < 4.78 is 18.9. The van der Waals surface area contributed by atoms with Gasteiger partial charge in [0.2, 0.25) is 0 Å². The largest absolute Gasteiger partial charge is 0.414 e. The number of benzene rings is 1. The molecule has 3 nitrogen and oxygen atoms in total. The highest BCUT2D eigenvalue weighted by molar-refractivity contribution is 8.18. The Kier molecular flexibility index (Phi) is 9.45. The van der Waals surface area contributed by atoms with Crippen LogP contribution in [0.4, 0.5) is 0 Å². The average molecular weight is 483 g/mol. The maximum Gasteiger partial charge on any atom is 0.192 e. The Labute approximate surface area is 199 Å². The second kappa shape index (κ2) is 11.4. The lowest BCUT2D eigenvalue weighted by molar-refractivity contribution is 0.0960. The maximum atomic E-state index is 7.01. The van der Waals surface area contributed by atoms with Crippen LogP contribution in [0, 0.1) is 0 Å². The summed E-state index contributed by atoms with van der Waals surface area (Å²) in [5, 5.41) is 0.231. The normalized spacial score (nSPS) is 22.3. The summed E-state index contributed by atoms with van der Waals surface area (Å²) in [4.78, 5) is 0. The van der Waals surface area contributed by atoms with E-state index in [0.717, 1.165) is 32.5 Å². The highest BCUT2D eigenvalue weighted by Gasteiger charge is 2.44. The molecule has 0 unspecified atom stereocenters. The van der Waals surface area contributed by atoms with E-state index in [4.69, 9.17) is 13.9 Å². The van der Waals surface area contributed by atoms with E-state index in [9.17, 15) is 0 Å². The second-order valence-corrected chi connectivity index (χ2v) is 18.5. The molecule has 0 bridgehead atoms. The van der Waals surface area contributed by atoms with Gasteiger partial charge in [0.05, 0.1) is 23.4 Å². The molecular weight excluding hydrogens is 440 g/mol. The van der Waals surface area contributed by atoms with Gasteiger partial charge in [0.1, 0.15) is 0 Å². The molecule has 2 heterocycles. The van der Waals surface area contributed by atoms with Gasteiger partial charge in [0, 0.05) is 12.7 Å². The number of hydrogen-bond acceptors (Lipinski definition) is 5. The smallest absolute Gasteiger partial charge is 0.192 e. The summed E-state index contributed by atoms with van der Waals surface area (Å²) >= 11 is 4.34. The van der Waals surface area contributed by atoms with Crippen molar-refractivity contribution >= 4 is 31.8 Å². The molecule has 1 aromatic carbocycles. The van der Waals surface area contributed by atoms with E-state index in [1.54, 1.807) is 0 Å². The van der Waals surface area contributed by atoms with E-state index in [1.807, 2.05) is 0 Å². The SMILES string of the molecule is CC(C)(C)[Si](C)(C)O[C@@H](CCCOCc1ccccc1)CC1(C[C@H]2CO2)SCCCS1. The molecule has 2 atom stereocenters. The van der Waals surface area contributed by atoms with Crippen LogP contribution in [0.25, 0.3) is 0 Å². The summed E-state index contributed by atoms with van der Waals surface area (Å²) in [5.74, 6) is 2.54. The summed E-state index contributed by atoms with van der Waals surface area (Å²) in [6.07, 6.45) is 6.54. The molecule has 0 amide bonds. The van der Waals surface area contributed by atoms with Gasteiger partial charge in [-0.3, -0.25) is 0 Å². The van der Waals surface area contributed by atoms with Crippen LogP contribution in [-0.2, 0) is 20.5 Å². The molecule has 0 spiro atoms. The van der Waals surface area contributed by atoms with E-state index in [0.29, 0.717) is 18.8 Å². The standard InChI is InChI=1S/C25H42O3S2Si/c1-24(2,3)31(4,5)28-22(13-9-14-26-19-21-11-7-6-8-12-21)17-25(18-23-20-27-23)29-15-10-16-30-25/h6-8,11-12,22-23H,9-10,13-20H2,1-5H3/t22-,23-/m0/s1. The lowest BCUT2D eigenvalue weighted by Gasteiger charge is -2.43. The van der Waals surface area contributed by atoms with E-state index in [-0.39, 0.29) is 9.12 Å². The summed E-state index contributed by atoms with van der Waals surface area (Å²) in [7, 11) is -1.82. The van der Waals surface area contributed by atoms with Crippen molar-refractivity contribution in [1.29, 1.82) is 0 Å². The van der Waals surface area contributed by atoms with E-state index in [2.05, 4.69) is 87.7 Å². The van der Waals surface area contributed by atoms with Crippen LogP contribution >= 0.6 is 23.5 Å². The molecule has 176 valence electrons. The molecular formula is C25H42O3S2Si. The summed E-state index contributed by atoms with van der Waals surface area (Å²) in [5.41, 5.74) is 1.25. The predicted octanol–water partition coefficient (Wildman–Crippen LogP) is 7.12. The lowest BCUT2D eigenvalue weighted by Crippen LogP contribution is -2.46. The van der Waals surface area contributed by atoms with Crippen molar-refractivity contribution in [2.45, 2.75) is 93.9 Å². The number of rotatable bonds is 12. The van der Waals surface area contributed by atoms with Crippen molar-refractivity contribution in [1.82, 2.24) is 0 Å². The minimum Gasteiger partial charge on any atom is -0.414 e. The van der Waals surface area contributed by atoms with E-state index in [1.165, 1.54) is 29.9 Å². The zero-order chi connectivity index (χ0) is 22.4. The van der Waals surface area contributed by atoms with Crippen molar-refractivity contribution in [2.75, 3.05) is 24.7 Å². The molecule has 0 aromatic heterocycles. The predicted molar refractivity (Wildman–Crippen MR) is 139 cm³/mol. The zero-order valence-corrected chi connectivity index (χ0v) is 22.8. The Morgan fingerprint density at radius 3 is 2.45 bits per heavy atom. The van der Waals surface area contributed by atoms with Crippen molar-refractivity contribution in [2.24, 2.45) is 0 Å². The van der Waals surface area contributed by atoms with Crippen LogP contribution in [0.1, 0.15) is 58.4 Å². The Hall–Kier alpha value is 0.0169. The first-order chi connectivity index (χ1) is 14.7. The van der Waals surface area contributed by atoms with Crippen LogP contribution in [0.15, 0.2) is 30.3 Å². The first-order valence-electron chi connectivity index (χ1n) is 11.9. The fourth-order valence-electron chi connectivity index (χ4n) is 3.79. The third-order valence-electron chi connectivity index (χ3n) is 6.69. The Balaban J connectivity index is 1.58. The van der Waals surface area contributed by atoms with E-state index >= 15 is 0 Å². The Bertz CT molecular complexity index is 652. The van der Waals surface area contributed by atoms with E-state index < -0.39 is 8.32 Å². The third-order valence-corrected chi connectivity index (χ3v) is 14.6. The van der Waals surface area contributed by atoms with Gasteiger partial charge in [-0.2, -0.15) is 0 Å². The average Bonchev–Trinajstić information content (AvgIpc) is 3.51. The first kappa shape index (κ1) is 25.6. The van der Waals surface area contributed by atoms with Crippen LogP contribution in [0.3, 0.4) is 0 Å². The minimum absolute atomic E-state index is 0.231. The second-order valence-electron chi connectivity index (χ2n) is 10.5. The topological polar surface area (TPSA) is 31.0 Å². The third kappa shape index (κ3) is 8.38. The van der Waals surface area contributed by atoms with Crippen molar-refractivity contribution in [3.05, 3.63) is 35.9 Å². The fourth-order valence-corrected chi connectivity index (χ4v) is 8.73. The number of hydrogen-bond donors (Lipinski definition) is 0. The minimum atomic E-state index is -1.82. The number of ether oxygens (including phenoxy) is 2. The van der Waals surface area contributed by atoms with Gasteiger partial charge >= 0.3 is 0 Å². The van der Waals surface area contributed by atoms with Crippen molar-refractivity contribution < 1.29 is 13.9 Å². The van der Waals surface area contributed by atoms with Gasteiger partial charge in [-0.1, -0.05) is 51.1 Å². The van der Waals surface area contributed by atoms with Gasteiger partial charge in [-0.15, -0.1) is 23.5 Å². The number of thioether (sulfide) groups is 2. The first-order valence-corrected chi connectivity index (χ1v) is 16.8. The molecule has 31 heavy (non-hydrogen) atoms. The summed E-state index contributed by atoms with van der Waals surface area (Å²) in [6.45, 7) is 14.3. The van der Waals surface area contributed by atoms with Crippen LogP contribution in [0.5, 0.6) is 0 Å². The lowest BCUT2D eigenvalue weighted by atomic mass is 10.1. The molecule has 3 rings (SSSR count). The number of epoxide rings is 1. The molecule has 2 fully saturated rings. The van der Waals surface area contributed by atoms with Gasteiger partial charge in [-0.25, -0.2) is 0 Å². The summed E-state index contributed by atoms with van der Waals surface area (Å²) in [6, 6.07) is 10.5. The van der Waals surface area contributed by atoms with Crippen LogP contribution in [0.2, 0.25) is 18.1 Å². The fraction of sp³-hybridized carbons (Fsp3) is 0.760. The molecule has 0 radical (unpaired) electrons. The highest BCUT2D eigenvalue weighted by Crippen LogP contribution is 2.51. The van der Waals surface area contributed by atoms with Gasteiger partial charge in [-0.05, 0) is 67.3 Å². The van der Waals surface area contributed by atoms with Crippen molar-refractivity contribution in [3.8, 4) is 0 Å². The molecule has 2 aliphatic rings. The quantitative estimate of drug-likeness (QED) is 0.180. The molecule has 2 saturated heterocycles. The Morgan fingerprint density at radius 1 is 1.16 bits per heavy atom. The molecule has 0 N–H and O–H groups in total. The van der Waals surface area contributed by atoms with Gasteiger partial charge in [0.25, 0.3) is 0 Å². The molecule has 6 heteroatoms. The monoisotopic (exact) mass is 482 g/mol. The van der Waals surface area contributed by atoms with Gasteiger partial charge in [0.15, 0.2) is 8.32 Å². The Morgan fingerprint density at radius 2 is 1.84 bits per heavy atom. The molecule has 0 aliphatic carbocycles. The molecule has 0 saturated carbocycles. The molecule has 1 aromatic rings. The maximum absolute atomic E-state index is 7.01. The van der Waals surface area contributed by atoms with Gasteiger partial charge < -0.3 is 13.9 Å². The molecule has 2 aliphatic heterocycles.